The van der Waals surface area contributed by atoms with E-state index in [2.05, 4.69) is 20.1 Å². The number of furan rings is 1. The SMILES string of the molecule is Cc1ccc(CN2CCC(c3nnc(-c4cncn4C)o3)C2)o1. The summed E-state index contributed by atoms with van der Waals surface area (Å²) in [7, 11) is 1.91. The molecule has 1 unspecified atom stereocenters. The van der Waals surface area contributed by atoms with Crippen molar-refractivity contribution in [2.24, 2.45) is 7.05 Å². The Balaban J connectivity index is 1.44. The molecule has 7 heteroatoms. The summed E-state index contributed by atoms with van der Waals surface area (Å²) in [6, 6.07) is 4.04. The maximum Gasteiger partial charge on any atom is 0.265 e. The Morgan fingerprint density at radius 3 is 2.91 bits per heavy atom. The highest BCUT2D eigenvalue weighted by Gasteiger charge is 2.29. The van der Waals surface area contributed by atoms with Crippen LogP contribution in [0.2, 0.25) is 0 Å². The molecule has 1 fully saturated rings. The Morgan fingerprint density at radius 1 is 1.26 bits per heavy atom. The average molecular weight is 313 g/mol. The van der Waals surface area contributed by atoms with Gasteiger partial charge < -0.3 is 13.4 Å². The standard InChI is InChI=1S/C16H19N5O2/c1-11-3-4-13(22-11)9-21-6-5-12(8-21)15-18-19-16(23-15)14-7-17-10-20(14)2/h3-4,7,10,12H,5-6,8-9H2,1-2H3. The summed E-state index contributed by atoms with van der Waals surface area (Å²) in [6.07, 6.45) is 4.48. The minimum Gasteiger partial charge on any atom is -0.465 e. The van der Waals surface area contributed by atoms with Gasteiger partial charge in [-0.15, -0.1) is 10.2 Å². The highest BCUT2D eigenvalue weighted by molar-refractivity contribution is 5.44. The average Bonchev–Trinajstić information content (AvgIpc) is 3.27. The molecule has 0 aromatic carbocycles. The Hall–Kier alpha value is -2.41. The third kappa shape index (κ3) is 2.79. The van der Waals surface area contributed by atoms with Crippen LogP contribution in [-0.2, 0) is 13.6 Å². The van der Waals surface area contributed by atoms with E-state index in [0.29, 0.717) is 11.8 Å². The van der Waals surface area contributed by atoms with Crippen molar-refractivity contribution in [2.75, 3.05) is 13.1 Å². The number of aryl methyl sites for hydroxylation is 2. The van der Waals surface area contributed by atoms with Gasteiger partial charge in [0.1, 0.15) is 17.2 Å². The van der Waals surface area contributed by atoms with Crippen molar-refractivity contribution < 1.29 is 8.83 Å². The molecule has 3 aromatic rings. The van der Waals surface area contributed by atoms with Gasteiger partial charge in [0.2, 0.25) is 5.89 Å². The van der Waals surface area contributed by atoms with Crippen LogP contribution in [0.5, 0.6) is 0 Å². The lowest BCUT2D eigenvalue weighted by molar-refractivity contribution is 0.287. The van der Waals surface area contributed by atoms with Gasteiger partial charge in [0.25, 0.3) is 5.89 Å². The predicted molar refractivity (Wildman–Crippen MR) is 82.6 cm³/mol. The highest BCUT2D eigenvalue weighted by atomic mass is 16.4. The van der Waals surface area contributed by atoms with Gasteiger partial charge in [-0.25, -0.2) is 4.98 Å². The molecule has 1 aliphatic rings. The van der Waals surface area contributed by atoms with Gasteiger partial charge in [0.15, 0.2) is 0 Å². The number of imidazole rings is 1. The van der Waals surface area contributed by atoms with E-state index in [4.69, 9.17) is 8.83 Å². The third-order valence-corrected chi connectivity index (χ3v) is 4.27. The molecule has 1 aliphatic heterocycles. The molecule has 0 N–H and O–H groups in total. The first-order chi connectivity index (χ1) is 11.2. The van der Waals surface area contributed by atoms with E-state index in [1.54, 1.807) is 12.5 Å². The molecule has 120 valence electrons. The smallest absolute Gasteiger partial charge is 0.265 e. The van der Waals surface area contributed by atoms with Gasteiger partial charge >= 0.3 is 0 Å². The fraction of sp³-hybridized carbons (Fsp3) is 0.438. The van der Waals surface area contributed by atoms with Gasteiger partial charge in [-0.3, -0.25) is 4.90 Å². The summed E-state index contributed by atoms with van der Waals surface area (Å²) >= 11 is 0. The molecule has 4 rings (SSSR count). The monoisotopic (exact) mass is 313 g/mol. The van der Waals surface area contributed by atoms with E-state index in [-0.39, 0.29) is 5.92 Å². The second-order valence-corrected chi connectivity index (χ2v) is 6.07. The molecule has 23 heavy (non-hydrogen) atoms. The summed E-state index contributed by atoms with van der Waals surface area (Å²) < 4.78 is 13.4. The van der Waals surface area contributed by atoms with Crippen LogP contribution in [0.25, 0.3) is 11.6 Å². The summed E-state index contributed by atoms with van der Waals surface area (Å²) in [4.78, 5) is 6.44. The minimum absolute atomic E-state index is 0.278. The van der Waals surface area contributed by atoms with Crippen LogP contribution in [-0.4, -0.2) is 37.7 Å². The summed E-state index contributed by atoms with van der Waals surface area (Å²) in [5.41, 5.74) is 0.838. The molecule has 1 atom stereocenters. The number of aromatic nitrogens is 4. The molecule has 0 saturated carbocycles. The van der Waals surface area contributed by atoms with Crippen molar-refractivity contribution >= 4 is 0 Å². The molecular formula is C16H19N5O2. The lowest BCUT2D eigenvalue weighted by Gasteiger charge is -2.12. The summed E-state index contributed by atoms with van der Waals surface area (Å²) in [6.45, 7) is 4.71. The van der Waals surface area contributed by atoms with Crippen LogP contribution in [0.15, 0.2) is 33.5 Å². The van der Waals surface area contributed by atoms with E-state index < -0.39 is 0 Å². The fourth-order valence-electron chi connectivity index (χ4n) is 3.03. The van der Waals surface area contributed by atoms with Gasteiger partial charge in [0.05, 0.1) is 25.0 Å². The lowest BCUT2D eigenvalue weighted by atomic mass is 10.1. The van der Waals surface area contributed by atoms with Gasteiger partial charge in [-0.2, -0.15) is 0 Å². The van der Waals surface area contributed by atoms with Crippen LogP contribution in [0.1, 0.15) is 29.7 Å². The lowest BCUT2D eigenvalue weighted by Crippen LogP contribution is -2.19. The van der Waals surface area contributed by atoms with Crippen LogP contribution in [0.3, 0.4) is 0 Å². The molecule has 0 spiro atoms. The topological polar surface area (TPSA) is 73.1 Å². The number of hydrogen-bond donors (Lipinski definition) is 0. The molecule has 7 nitrogen and oxygen atoms in total. The predicted octanol–water partition coefficient (Wildman–Crippen LogP) is 2.36. The molecule has 3 aromatic heterocycles. The van der Waals surface area contributed by atoms with E-state index in [1.165, 1.54) is 0 Å². The molecule has 0 amide bonds. The van der Waals surface area contributed by atoms with Gasteiger partial charge in [-0.05, 0) is 32.0 Å². The maximum atomic E-state index is 5.86. The quantitative estimate of drug-likeness (QED) is 0.736. The fourth-order valence-corrected chi connectivity index (χ4v) is 3.03. The van der Waals surface area contributed by atoms with Gasteiger partial charge in [0, 0.05) is 13.6 Å². The van der Waals surface area contributed by atoms with E-state index in [9.17, 15) is 0 Å². The molecule has 0 radical (unpaired) electrons. The molecule has 1 saturated heterocycles. The largest absolute Gasteiger partial charge is 0.465 e. The highest BCUT2D eigenvalue weighted by Crippen LogP contribution is 2.29. The third-order valence-electron chi connectivity index (χ3n) is 4.27. The van der Waals surface area contributed by atoms with Crippen LogP contribution < -0.4 is 0 Å². The second kappa shape index (κ2) is 5.66. The van der Waals surface area contributed by atoms with Crippen molar-refractivity contribution in [1.82, 2.24) is 24.6 Å². The van der Waals surface area contributed by atoms with Crippen LogP contribution >= 0.6 is 0 Å². The summed E-state index contributed by atoms with van der Waals surface area (Å²) in [5.74, 6) is 3.47. The Morgan fingerprint density at radius 2 is 2.17 bits per heavy atom. The first-order valence-corrected chi connectivity index (χ1v) is 7.77. The molecule has 0 aliphatic carbocycles. The van der Waals surface area contributed by atoms with E-state index >= 15 is 0 Å². The van der Waals surface area contributed by atoms with Crippen LogP contribution in [0.4, 0.5) is 0 Å². The second-order valence-electron chi connectivity index (χ2n) is 6.07. The maximum absolute atomic E-state index is 5.86. The first kappa shape index (κ1) is 14.2. The van der Waals surface area contributed by atoms with Crippen molar-refractivity contribution in [3.8, 4) is 11.6 Å². The molecule has 0 bridgehead atoms. The molecular weight excluding hydrogens is 294 g/mol. The van der Waals surface area contributed by atoms with E-state index in [1.807, 2.05) is 30.7 Å². The Kier molecular flexibility index (Phi) is 3.49. The first-order valence-electron chi connectivity index (χ1n) is 7.77. The minimum atomic E-state index is 0.278. The van der Waals surface area contributed by atoms with E-state index in [0.717, 1.165) is 43.3 Å². The zero-order chi connectivity index (χ0) is 15.8. The Bertz CT molecular complexity index is 803. The number of hydrogen-bond acceptors (Lipinski definition) is 6. The van der Waals surface area contributed by atoms with Crippen molar-refractivity contribution in [2.45, 2.75) is 25.8 Å². The zero-order valence-corrected chi connectivity index (χ0v) is 13.3. The van der Waals surface area contributed by atoms with Crippen molar-refractivity contribution in [3.63, 3.8) is 0 Å². The molecule has 4 heterocycles. The zero-order valence-electron chi connectivity index (χ0n) is 13.3. The van der Waals surface area contributed by atoms with Crippen LogP contribution in [0, 0.1) is 6.92 Å². The number of likely N-dealkylation sites (tertiary alicyclic amines) is 1. The Labute approximate surface area is 133 Å². The van der Waals surface area contributed by atoms with Crippen molar-refractivity contribution in [3.05, 3.63) is 42.1 Å². The van der Waals surface area contributed by atoms with Crippen molar-refractivity contribution in [1.29, 1.82) is 0 Å². The normalized spacial score (nSPS) is 18.8. The number of nitrogens with zero attached hydrogens (tertiary/aromatic N) is 5. The number of rotatable bonds is 4. The summed E-state index contributed by atoms with van der Waals surface area (Å²) in [5, 5.41) is 8.39. The van der Waals surface area contributed by atoms with Gasteiger partial charge in [-0.1, -0.05) is 0 Å².